The highest BCUT2D eigenvalue weighted by molar-refractivity contribution is 7.16. The monoisotopic (exact) mass is 366 g/mol. The van der Waals surface area contributed by atoms with Crippen LogP contribution in [0.25, 0.3) is 0 Å². The zero-order valence-electron chi connectivity index (χ0n) is 16.2. The van der Waals surface area contributed by atoms with Crippen molar-refractivity contribution in [3.63, 3.8) is 0 Å². The maximum absolute atomic E-state index is 12.7. The van der Waals surface area contributed by atoms with Crippen molar-refractivity contribution >= 4 is 22.2 Å². The molecule has 3 nitrogen and oxygen atoms in total. The molecule has 0 spiro atoms. The number of carbonyl (C=O) groups excluding carboxylic acids is 1. The highest BCUT2D eigenvalue weighted by Gasteiger charge is 2.32. The minimum atomic E-state index is -0.134. The predicted molar refractivity (Wildman–Crippen MR) is 108 cm³/mol. The van der Waals surface area contributed by atoms with Crippen LogP contribution in [0.3, 0.4) is 0 Å². The number of hydrogen-bond acceptors (Lipinski definition) is 3. The van der Waals surface area contributed by atoms with Gasteiger partial charge in [0.2, 0.25) is 0 Å². The molecule has 0 aliphatic heterocycles. The lowest BCUT2D eigenvalue weighted by Gasteiger charge is -2.33. The topological polar surface area (TPSA) is 52.9 Å². The summed E-state index contributed by atoms with van der Waals surface area (Å²) in [7, 11) is 0. The molecule has 0 radical (unpaired) electrons. The molecule has 1 heterocycles. The minimum Gasteiger partial charge on any atom is -0.312 e. The summed E-state index contributed by atoms with van der Waals surface area (Å²) in [5.41, 5.74) is 4.83. The number of amides is 1. The van der Waals surface area contributed by atoms with Crippen LogP contribution in [0.15, 0.2) is 18.2 Å². The number of nitrogens with zero attached hydrogens (tertiary/aromatic N) is 1. The summed E-state index contributed by atoms with van der Waals surface area (Å²) in [5, 5.41) is 13.4. The van der Waals surface area contributed by atoms with Gasteiger partial charge in [-0.05, 0) is 61.6 Å². The van der Waals surface area contributed by atoms with E-state index >= 15 is 0 Å². The lowest BCUT2D eigenvalue weighted by atomic mass is 9.72. The summed E-state index contributed by atoms with van der Waals surface area (Å²) in [4.78, 5) is 14.0. The van der Waals surface area contributed by atoms with Crippen molar-refractivity contribution < 1.29 is 4.79 Å². The molecule has 0 saturated heterocycles. The molecule has 136 valence electrons. The maximum atomic E-state index is 12.7. The number of thiophene rings is 1. The van der Waals surface area contributed by atoms with Gasteiger partial charge in [-0.15, -0.1) is 11.3 Å². The van der Waals surface area contributed by atoms with Crippen LogP contribution in [0, 0.1) is 36.5 Å². The van der Waals surface area contributed by atoms with Crippen LogP contribution < -0.4 is 5.32 Å². The summed E-state index contributed by atoms with van der Waals surface area (Å²) in [6, 6.07) is 8.14. The number of hydrogen-bond donors (Lipinski definition) is 1. The fraction of sp³-hybridized carbons (Fsp3) is 0.455. The van der Waals surface area contributed by atoms with Crippen LogP contribution in [0.5, 0.6) is 0 Å². The molecule has 3 rings (SSSR count). The molecule has 1 atom stereocenters. The Hall–Kier alpha value is -2.12. The van der Waals surface area contributed by atoms with Gasteiger partial charge >= 0.3 is 0 Å². The van der Waals surface area contributed by atoms with Crippen molar-refractivity contribution in [2.75, 3.05) is 5.32 Å². The lowest BCUT2D eigenvalue weighted by molar-refractivity contribution is 0.102. The Morgan fingerprint density at radius 3 is 2.65 bits per heavy atom. The summed E-state index contributed by atoms with van der Waals surface area (Å²) < 4.78 is 0. The van der Waals surface area contributed by atoms with Crippen molar-refractivity contribution in [3.8, 4) is 6.07 Å². The summed E-state index contributed by atoms with van der Waals surface area (Å²) in [5.74, 6) is 0.480. The molecule has 0 saturated carbocycles. The van der Waals surface area contributed by atoms with E-state index in [2.05, 4.69) is 32.2 Å². The van der Waals surface area contributed by atoms with Gasteiger partial charge in [-0.3, -0.25) is 4.79 Å². The number of nitriles is 1. The van der Waals surface area contributed by atoms with Gasteiger partial charge in [0.15, 0.2) is 0 Å². The number of benzene rings is 1. The molecule has 1 aliphatic carbocycles. The van der Waals surface area contributed by atoms with Gasteiger partial charge in [-0.25, -0.2) is 0 Å². The SMILES string of the molecule is Cc1ccc(C(=O)Nc2sc3c(c2C#N)CCC(C(C)(C)C)C3)c(C)c1. The van der Waals surface area contributed by atoms with Gasteiger partial charge < -0.3 is 5.32 Å². The van der Waals surface area contributed by atoms with Crippen LogP contribution in [0.1, 0.15) is 64.7 Å². The van der Waals surface area contributed by atoms with Crippen molar-refractivity contribution in [1.82, 2.24) is 0 Å². The lowest BCUT2D eigenvalue weighted by Crippen LogP contribution is -2.26. The van der Waals surface area contributed by atoms with Crippen LogP contribution in [-0.4, -0.2) is 5.91 Å². The van der Waals surface area contributed by atoms with Gasteiger partial charge in [-0.1, -0.05) is 38.5 Å². The molecule has 1 aromatic heterocycles. The summed E-state index contributed by atoms with van der Waals surface area (Å²) in [6.45, 7) is 10.8. The van der Waals surface area contributed by atoms with Crippen molar-refractivity contribution in [3.05, 3.63) is 50.9 Å². The van der Waals surface area contributed by atoms with Crippen LogP contribution in [0.4, 0.5) is 5.00 Å². The third-order valence-corrected chi connectivity index (χ3v) is 6.63. The first kappa shape index (κ1) is 18.7. The molecule has 0 bridgehead atoms. The highest BCUT2D eigenvalue weighted by atomic mass is 32.1. The van der Waals surface area contributed by atoms with Gasteiger partial charge in [0, 0.05) is 10.4 Å². The van der Waals surface area contributed by atoms with E-state index in [0.717, 1.165) is 36.0 Å². The Morgan fingerprint density at radius 1 is 1.31 bits per heavy atom. The van der Waals surface area contributed by atoms with E-state index in [9.17, 15) is 10.1 Å². The number of carbonyl (C=O) groups is 1. The first-order chi connectivity index (χ1) is 12.2. The molecular weight excluding hydrogens is 340 g/mol. The van der Waals surface area contributed by atoms with Gasteiger partial charge in [0.25, 0.3) is 5.91 Å². The Kier molecular flexibility index (Phi) is 4.94. The summed E-state index contributed by atoms with van der Waals surface area (Å²) >= 11 is 1.58. The third-order valence-electron chi connectivity index (χ3n) is 5.46. The van der Waals surface area contributed by atoms with Crippen LogP contribution in [-0.2, 0) is 12.8 Å². The van der Waals surface area contributed by atoms with E-state index in [-0.39, 0.29) is 11.3 Å². The standard InChI is InChI=1S/C22H26N2OS/c1-13-6-8-16(14(2)10-13)20(25)24-21-18(12-23)17-9-7-15(22(3,4)5)11-19(17)26-21/h6,8,10,15H,7,9,11H2,1-5H3,(H,24,25). The largest absolute Gasteiger partial charge is 0.312 e. The molecule has 0 fully saturated rings. The van der Waals surface area contributed by atoms with E-state index in [1.54, 1.807) is 11.3 Å². The second kappa shape index (κ2) is 6.89. The molecule has 1 unspecified atom stereocenters. The molecule has 4 heteroatoms. The average molecular weight is 367 g/mol. The molecule has 1 amide bonds. The first-order valence-corrected chi connectivity index (χ1v) is 9.95. The van der Waals surface area contributed by atoms with Crippen LogP contribution >= 0.6 is 11.3 Å². The quantitative estimate of drug-likeness (QED) is 0.748. The second-order valence-corrected chi connectivity index (χ2v) is 9.50. The summed E-state index contributed by atoms with van der Waals surface area (Å²) in [6.07, 6.45) is 3.03. The fourth-order valence-corrected chi connectivity index (χ4v) is 5.04. The molecule has 1 aliphatic rings. The minimum absolute atomic E-state index is 0.134. The Morgan fingerprint density at radius 2 is 2.04 bits per heavy atom. The normalized spacial score (nSPS) is 16.7. The Balaban J connectivity index is 1.89. The maximum Gasteiger partial charge on any atom is 0.256 e. The van der Waals surface area contributed by atoms with E-state index < -0.39 is 0 Å². The van der Waals surface area contributed by atoms with E-state index in [1.807, 2.05) is 32.0 Å². The predicted octanol–water partition coefficient (Wildman–Crippen LogP) is 5.64. The zero-order chi connectivity index (χ0) is 19.1. The van der Waals surface area contributed by atoms with Gasteiger partial charge in [-0.2, -0.15) is 5.26 Å². The van der Waals surface area contributed by atoms with Crippen LogP contribution in [0.2, 0.25) is 0 Å². The smallest absolute Gasteiger partial charge is 0.256 e. The molecular formula is C22H26N2OS. The Bertz CT molecular complexity index is 896. The number of anilines is 1. The zero-order valence-corrected chi connectivity index (χ0v) is 17.0. The molecule has 2 aromatic rings. The van der Waals surface area contributed by atoms with Crippen molar-refractivity contribution in [2.24, 2.45) is 11.3 Å². The number of nitrogens with one attached hydrogen (secondary N) is 1. The van der Waals surface area contributed by atoms with E-state index in [0.29, 0.717) is 22.0 Å². The Labute approximate surface area is 160 Å². The van der Waals surface area contributed by atoms with Crippen molar-refractivity contribution in [1.29, 1.82) is 5.26 Å². The molecule has 1 aromatic carbocycles. The number of rotatable bonds is 2. The van der Waals surface area contributed by atoms with E-state index in [1.165, 1.54) is 4.88 Å². The van der Waals surface area contributed by atoms with Gasteiger partial charge in [0.05, 0.1) is 5.56 Å². The fourth-order valence-electron chi connectivity index (χ4n) is 3.77. The number of fused-ring (bicyclic) bond motifs is 1. The van der Waals surface area contributed by atoms with E-state index in [4.69, 9.17) is 0 Å². The number of aryl methyl sites for hydroxylation is 2. The van der Waals surface area contributed by atoms with Gasteiger partial charge in [0.1, 0.15) is 11.1 Å². The first-order valence-electron chi connectivity index (χ1n) is 9.14. The molecule has 26 heavy (non-hydrogen) atoms. The molecule has 1 N–H and O–H groups in total. The average Bonchev–Trinajstić information content (AvgIpc) is 2.89. The van der Waals surface area contributed by atoms with Crippen molar-refractivity contribution in [2.45, 2.75) is 53.9 Å². The highest BCUT2D eigenvalue weighted by Crippen LogP contribution is 2.44. The second-order valence-electron chi connectivity index (χ2n) is 8.40. The third kappa shape index (κ3) is 3.54.